The van der Waals surface area contributed by atoms with E-state index in [1.807, 2.05) is 12.1 Å². The van der Waals surface area contributed by atoms with Gasteiger partial charge in [-0.25, -0.2) is 0 Å². The highest BCUT2D eigenvalue weighted by Crippen LogP contribution is 2.22. The Morgan fingerprint density at radius 1 is 1.18 bits per heavy atom. The van der Waals surface area contributed by atoms with Gasteiger partial charge in [-0.05, 0) is 5.56 Å². The molecule has 1 aromatic rings. The molecule has 0 radical (unpaired) electrons. The van der Waals surface area contributed by atoms with Gasteiger partial charge in [0.25, 0.3) is 0 Å². The molecule has 0 N–H and O–H groups in total. The third-order valence-corrected chi connectivity index (χ3v) is 2.03. The first-order valence-corrected chi connectivity index (χ1v) is 3.86. The van der Waals surface area contributed by atoms with E-state index in [0.717, 1.165) is 0 Å². The van der Waals surface area contributed by atoms with Crippen molar-refractivity contribution < 1.29 is 0 Å². The van der Waals surface area contributed by atoms with Crippen LogP contribution in [0, 0.1) is 0 Å². The van der Waals surface area contributed by atoms with Crippen molar-refractivity contribution in [2.75, 3.05) is 0 Å². The van der Waals surface area contributed by atoms with Crippen molar-refractivity contribution in [3.05, 3.63) is 48.6 Å². The van der Waals surface area contributed by atoms with Crippen LogP contribution in [0.25, 0.3) is 0 Å². The first-order valence-electron chi connectivity index (χ1n) is 3.86. The van der Waals surface area contributed by atoms with Crippen molar-refractivity contribution in [3.63, 3.8) is 0 Å². The summed E-state index contributed by atoms with van der Waals surface area (Å²) < 4.78 is 0. The fourth-order valence-corrected chi connectivity index (χ4v) is 0.986. The molecule has 0 atom stereocenters. The van der Waals surface area contributed by atoms with Crippen LogP contribution in [0.5, 0.6) is 0 Å². The molecule has 0 amide bonds. The molecular formula is C11H14. The summed E-state index contributed by atoms with van der Waals surface area (Å²) in [7, 11) is 0. The molecule has 0 saturated carbocycles. The van der Waals surface area contributed by atoms with Crippen LogP contribution in [0.4, 0.5) is 0 Å². The quantitative estimate of drug-likeness (QED) is 0.562. The lowest BCUT2D eigenvalue weighted by atomic mass is 9.85. The first-order chi connectivity index (χ1) is 5.17. The van der Waals surface area contributed by atoms with Crippen LogP contribution in [-0.4, -0.2) is 0 Å². The van der Waals surface area contributed by atoms with Gasteiger partial charge in [0.15, 0.2) is 0 Å². The van der Waals surface area contributed by atoms with Gasteiger partial charge < -0.3 is 0 Å². The van der Waals surface area contributed by atoms with E-state index in [0.29, 0.717) is 0 Å². The number of hydrogen-bond acceptors (Lipinski definition) is 0. The highest BCUT2D eigenvalue weighted by molar-refractivity contribution is 5.27. The van der Waals surface area contributed by atoms with Gasteiger partial charge in [0, 0.05) is 5.41 Å². The second kappa shape index (κ2) is 2.91. The zero-order valence-electron chi connectivity index (χ0n) is 7.17. The predicted molar refractivity (Wildman–Crippen MR) is 49.7 cm³/mol. The van der Waals surface area contributed by atoms with E-state index < -0.39 is 0 Å². The van der Waals surface area contributed by atoms with Gasteiger partial charge in [-0.3, -0.25) is 0 Å². The molecule has 1 rings (SSSR count). The fraction of sp³-hybridized carbons (Fsp3) is 0.273. The molecule has 0 fully saturated rings. The molecule has 0 heterocycles. The number of benzene rings is 1. The Bertz CT molecular complexity index is 231. The Balaban J connectivity index is 3.02. The second-order valence-corrected chi connectivity index (χ2v) is 3.29. The monoisotopic (exact) mass is 146 g/mol. The summed E-state index contributed by atoms with van der Waals surface area (Å²) in [5, 5.41) is 0. The van der Waals surface area contributed by atoms with Gasteiger partial charge >= 0.3 is 0 Å². The van der Waals surface area contributed by atoms with Crippen LogP contribution in [0.3, 0.4) is 0 Å². The highest BCUT2D eigenvalue weighted by atomic mass is 14.2. The molecule has 0 aliphatic heterocycles. The van der Waals surface area contributed by atoms with Crippen molar-refractivity contribution >= 4 is 0 Å². The van der Waals surface area contributed by atoms with E-state index >= 15 is 0 Å². The maximum absolute atomic E-state index is 3.81. The van der Waals surface area contributed by atoms with E-state index in [2.05, 4.69) is 44.7 Å². The molecule has 1 aromatic carbocycles. The number of allylic oxidation sites excluding steroid dienone is 1. The lowest BCUT2D eigenvalue weighted by Gasteiger charge is -2.19. The molecule has 0 nitrogen and oxygen atoms in total. The lowest BCUT2D eigenvalue weighted by molar-refractivity contribution is 0.672. The molecule has 0 heteroatoms. The molecular weight excluding hydrogens is 132 g/mol. The smallest absolute Gasteiger partial charge is 0.00726 e. The van der Waals surface area contributed by atoms with Gasteiger partial charge in [-0.2, -0.15) is 0 Å². The summed E-state index contributed by atoms with van der Waals surface area (Å²) in [4.78, 5) is 0. The van der Waals surface area contributed by atoms with Gasteiger partial charge in [0.1, 0.15) is 0 Å². The molecule has 0 aliphatic rings. The standard InChI is InChI=1S/C11H14/c1-4-11(2,3)10-8-6-5-7-9-10/h4-9H,1H2,2-3H3. The Morgan fingerprint density at radius 2 is 1.73 bits per heavy atom. The van der Waals surface area contributed by atoms with Crippen molar-refractivity contribution in [2.45, 2.75) is 19.3 Å². The van der Waals surface area contributed by atoms with Gasteiger partial charge in [0.05, 0.1) is 0 Å². The first kappa shape index (κ1) is 8.06. The summed E-state index contributed by atoms with van der Waals surface area (Å²) in [6.45, 7) is 8.13. The normalized spacial score (nSPS) is 11.1. The zero-order chi connectivity index (χ0) is 8.32. The third-order valence-electron chi connectivity index (χ3n) is 2.03. The van der Waals surface area contributed by atoms with Crippen molar-refractivity contribution in [1.29, 1.82) is 0 Å². The van der Waals surface area contributed by atoms with Crippen LogP contribution < -0.4 is 0 Å². The SMILES string of the molecule is C=CC(C)(C)c1ccccc1. The zero-order valence-corrected chi connectivity index (χ0v) is 7.17. The summed E-state index contributed by atoms with van der Waals surface area (Å²) in [6.07, 6.45) is 1.97. The highest BCUT2D eigenvalue weighted by Gasteiger charge is 2.14. The number of hydrogen-bond donors (Lipinski definition) is 0. The molecule has 58 valence electrons. The number of rotatable bonds is 2. The van der Waals surface area contributed by atoms with Crippen molar-refractivity contribution in [2.24, 2.45) is 0 Å². The van der Waals surface area contributed by atoms with E-state index in [-0.39, 0.29) is 5.41 Å². The largest absolute Gasteiger partial charge is 0.102 e. The third kappa shape index (κ3) is 1.70. The maximum Gasteiger partial charge on any atom is 0.00726 e. The average Bonchev–Trinajstić information content (AvgIpc) is 2.06. The molecule has 11 heavy (non-hydrogen) atoms. The van der Waals surface area contributed by atoms with E-state index in [1.54, 1.807) is 0 Å². The van der Waals surface area contributed by atoms with Crippen LogP contribution in [0.1, 0.15) is 19.4 Å². The predicted octanol–water partition coefficient (Wildman–Crippen LogP) is 3.15. The van der Waals surface area contributed by atoms with Gasteiger partial charge in [-0.1, -0.05) is 50.3 Å². The fourth-order valence-electron chi connectivity index (χ4n) is 0.986. The molecule has 0 saturated heterocycles. The van der Waals surface area contributed by atoms with Crippen molar-refractivity contribution in [3.8, 4) is 0 Å². The summed E-state index contributed by atoms with van der Waals surface area (Å²) in [6, 6.07) is 10.4. The average molecular weight is 146 g/mol. The van der Waals surface area contributed by atoms with Gasteiger partial charge in [-0.15, -0.1) is 6.58 Å². The van der Waals surface area contributed by atoms with E-state index in [9.17, 15) is 0 Å². The van der Waals surface area contributed by atoms with E-state index in [4.69, 9.17) is 0 Å². The van der Waals surface area contributed by atoms with Crippen LogP contribution in [0.2, 0.25) is 0 Å². The van der Waals surface area contributed by atoms with Crippen molar-refractivity contribution in [1.82, 2.24) is 0 Å². The Kier molecular flexibility index (Phi) is 2.13. The minimum Gasteiger partial charge on any atom is -0.102 e. The Morgan fingerprint density at radius 3 is 2.18 bits per heavy atom. The van der Waals surface area contributed by atoms with Crippen LogP contribution in [-0.2, 0) is 5.41 Å². The lowest BCUT2D eigenvalue weighted by Crippen LogP contribution is -2.12. The summed E-state index contributed by atoms with van der Waals surface area (Å²) >= 11 is 0. The maximum atomic E-state index is 3.81. The minimum atomic E-state index is 0.0985. The molecule has 0 bridgehead atoms. The minimum absolute atomic E-state index is 0.0985. The summed E-state index contributed by atoms with van der Waals surface area (Å²) in [5.74, 6) is 0. The van der Waals surface area contributed by atoms with Crippen LogP contribution in [0.15, 0.2) is 43.0 Å². The van der Waals surface area contributed by atoms with Crippen LogP contribution >= 0.6 is 0 Å². The summed E-state index contributed by atoms with van der Waals surface area (Å²) in [5.41, 5.74) is 1.41. The molecule has 0 aliphatic carbocycles. The Hall–Kier alpha value is -1.04. The molecule has 0 spiro atoms. The second-order valence-electron chi connectivity index (χ2n) is 3.29. The molecule has 0 unspecified atom stereocenters. The van der Waals surface area contributed by atoms with Gasteiger partial charge in [0.2, 0.25) is 0 Å². The molecule has 0 aromatic heterocycles. The topological polar surface area (TPSA) is 0 Å². The Labute approximate surface area is 68.6 Å². The van der Waals surface area contributed by atoms with E-state index in [1.165, 1.54) is 5.56 Å².